The maximum Gasteiger partial charge on any atom is 0.0547 e. The van der Waals surface area contributed by atoms with E-state index >= 15 is 0 Å². The highest BCUT2D eigenvalue weighted by Crippen LogP contribution is 2.08. The molecule has 22 heavy (non-hydrogen) atoms. The standard InChI is InChI=1S/C18H26N4/c1-21(2)13-17-9-5-7-15(19-17)11-12-16-8-6-10-18(20-16)14-22(3)4/h5-10H,11-14H2,1-4H3. The van der Waals surface area contributed by atoms with Gasteiger partial charge in [-0.3, -0.25) is 9.97 Å². The largest absolute Gasteiger partial charge is 0.304 e. The van der Waals surface area contributed by atoms with E-state index < -0.39 is 0 Å². The van der Waals surface area contributed by atoms with Crippen molar-refractivity contribution in [2.24, 2.45) is 0 Å². The van der Waals surface area contributed by atoms with Crippen LogP contribution in [0, 0.1) is 0 Å². The van der Waals surface area contributed by atoms with E-state index in [0.29, 0.717) is 0 Å². The van der Waals surface area contributed by atoms with Gasteiger partial charge in [-0.25, -0.2) is 0 Å². The van der Waals surface area contributed by atoms with Crippen LogP contribution in [-0.2, 0) is 25.9 Å². The van der Waals surface area contributed by atoms with Gasteiger partial charge in [0.15, 0.2) is 0 Å². The van der Waals surface area contributed by atoms with Crippen molar-refractivity contribution in [1.29, 1.82) is 0 Å². The van der Waals surface area contributed by atoms with Gasteiger partial charge in [0.25, 0.3) is 0 Å². The third kappa shape index (κ3) is 5.54. The number of pyridine rings is 2. The number of hydrogen-bond donors (Lipinski definition) is 0. The van der Waals surface area contributed by atoms with Gasteiger partial charge in [-0.2, -0.15) is 0 Å². The average molecular weight is 298 g/mol. The molecule has 0 saturated carbocycles. The SMILES string of the molecule is CN(C)Cc1cccc(CCc2cccc(CN(C)C)n2)n1. The summed E-state index contributed by atoms with van der Waals surface area (Å²) < 4.78 is 0. The summed E-state index contributed by atoms with van der Waals surface area (Å²) in [5.74, 6) is 0. The van der Waals surface area contributed by atoms with Crippen molar-refractivity contribution in [2.75, 3.05) is 28.2 Å². The van der Waals surface area contributed by atoms with Crippen molar-refractivity contribution < 1.29 is 0 Å². The van der Waals surface area contributed by atoms with Crippen LogP contribution < -0.4 is 0 Å². The summed E-state index contributed by atoms with van der Waals surface area (Å²) >= 11 is 0. The van der Waals surface area contributed by atoms with Gasteiger partial charge in [-0.1, -0.05) is 12.1 Å². The van der Waals surface area contributed by atoms with Crippen molar-refractivity contribution in [3.63, 3.8) is 0 Å². The van der Waals surface area contributed by atoms with E-state index in [0.717, 1.165) is 48.7 Å². The zero-order chi connectivity index (χ0) is 15.9. The zero-order valence-electron chi connectivity index (χ0n) is 14.1. The summed E-state index contributed by atoms with van der Waals surface area (Å²) in [5, 5.41) is 0. The third-order valence-corrected chi connectivity index (χ3v) is 3.32. The highest BCUT2D eigenvalue weighted by Gasteiger charge is 2.03. The lowest BCUT2D eigenvalue weighted by molar-refractivity contribution is 0.396. The topological polar surface area (TPSA) is 32.3 Å². The second-order valence-electron chi connectivity index (χ2n) is 6.22. The first-order valence-electron chi connectivity index (χ1n) is 7.72. The molecule has 0 aliphatic heterocycles. The molecule has 2 aromatic rings. The minimum absolute atomic E-state index is 0.879. The maximum absolute atomic E-state index is 4.72. The lowest BCUT2D eigenvalue weighted by atomic mass is 10.1. The van der Waals surface area contributed by atoms with E-state index in [1.807, 2.05) is 0 Å². The molecular formula is C18H26N4. The van der Waals surface area contributed by atoms with Crippen LogP contribution in [0.4, 0.5) is 0 Å². The van der Waals surface area contributed by atoms with Gasteiger partial charge in [-0.15, -0.1) is 0 Å². The Hall–Kier alpha value is -1.78. The zero-order valence-corrected chi connectivity index (χ0v) is 14.1. The molecule has 2 aromatic heterocycles. The van der Waals surface area contributed by atoms with Gasteiger partial charge in [-0.05, 0) is 65.3 Å². The Morgan fingerprint density at radius 3 is 1.36 bits per heavy atom. The molecule has 0 bridgehead atoms. The fraction of sp³-hybridized carbons (Fsp3) is 0.444. The molecule has 2 heterocycles. The van der Waals surface area contributed by atoms with Crippen LogP contribution in [0.2, 0.25) is 0 Å². The van der Waals surface area contributed by atoms with E-state index in [-0.39, 0.29) is 0 Å². The van der Waals surface area contributed by atoms with Gasteiger partial charge in [0.2, 0.25) is 0 Å². The Kier molecular flexibility index (Phi) is 6.04. The molecule has 0 fully saturated rings. The summed E-state index contributed by atoms with van der Waals surface area (Å²) in [6.07, 6.45) is 1.86. The number of hydrogen-bond acceptors (Lipinski definition) is 4. The minimum Gasteiger partial charge on any atom is -0.304 e. The monoisotopic (exact) mass is 298 g/mol. The Labute approximate surface area is 133 Å². The van der Waals surface area contributed by atoms with Crippen LogP contribution in [0.25, 0.3) is 0 Å². The molecule has 0 amide bonds. The highest BCUT2D eigenvalue weighted by atomic mass is 15.1. The van der Waals surface area contributed by atoms with Crippen molar-refractivity contribution >= 4 is 0 Å². The fourth-order valence-corrected chi connectivity index (χ4v) is 2.42. The molecule has 4 nitrogen and oxygen atoms in total. The summed E-state index contributed by atoms with van der Waals surface area (Å²) in [5.41, 5.74) is 4.52. The number of rotatable bonds is 7. The van der Waals surface area contributed by atoms with E-state index in [9.17, 15) is 0 Å². The van der Waals surface area contributed by atoms with Crippen LogP contribution >= 0.6 is 0 Å². The Morgan fingerprint density at radius 1 is 0.636 bits per heavy atom. The van der Waals surface area contributed by atoms with Crippen LogP contribution in [-0.4, -0.2) is 48.0 Å². The van der Waals surface area contributed by atoms with Crippen LogP contribution in [0.3, 0.4) is 0 Å². The molecule has 0 radical (unpaired) electrons. The molecule has 0 aliphatic carbocycles. The first-order chi connectivity index (χ1) is 10.5. The summed E-state index contributed by atoms with van der Waals surface area (Å²) in [4.78, 5) is 13.7. The third-order valence-electron chi connectivity index (χ3n) is 3.32. The van der Waals surface area contributed by atoms with E-state index in [1.165, 1.54) is 0 Å². The molecule has 4 heteroatoms. The van der Waals surface area contributed by atoms with Crippen LogP contribution in [0.15, 0.2) is 36.4 Å². The molecule has 0 unspecified atom stereocenters. The average Bonchev–Trinajstić information content (AvgIpc) is 2.44. The van der Waals surface area contributed by atoms with Gasteiger partial charge in [0, 0.05) is 24.5 Å². The molecule has 0 aliphatic rings. The Bertz CT molecular complexity index is 540. The smallest absolute Gasteiger partial charge is 0.0547 e. The van der Waals surface area contributed by atoms with E-state index in [4.69, 9.17) is 9.97 Å². The second kappa shape index (κ2) is 8.01. The first-order valence-corrected chi connectivity index (χ1v) is 7.72. The first kappa shape index (κ1) is 16.6. The lowest BCUT2D eigenvalue weighted by Gasteiger charge is -2.11. The Balaban J connectivity index is 1.98. The number of aromatic nitrogens is 2. The Morgan fingerprint density at radius 2 is 1.00 bits per heavy atom. The molecule has 118 valence electrons. The minimum atomic E-state index is 0.879. The molecular weight excluding hydrogens is 272 g/mol. The van der Waals surface area contributed by atoms with Crippen molar-refractivity contribution in [3.8, 4) is 0 Å². The maximum atomic E-state index is 4.72. The molecule has 0 saturated heterocycles. The highest BCUT2D eigenvalue weighted by molar-refractivity contribution is 5.15. The van der Waals surface area contributed by atoms with Crippen molar-refractivity contribution in [1.82, 2.24) is 19.8 Å². The predicted octanol–water partition coefficient (Wildman–Crippen LogP) is 2.39. The summed E-state index contributed by atoms with van der Waals surface area (Å²) in [6.45, 7) is 1.76. The lowest BCUT2D eigenvalue weighted by Crippen LogP contribution is -2.13. The number of aryl methyl sites for hydroxylation is 2. The number of nitrogens with zero attached hydrogens (tertiary/aromatic N) is 4. The van der Waals surface area contributed by atoms with E-state index in [2.05, 4.69) is 74.4 Å². The second-order valence-corrected chi connectivity index (χ2v) is 6.22. The van der Waals surface area contributed by atoms with Gasteiger partial charge >= 0.3 is 0 Å². The van der Waals surface area contributed by atoms with Gasteiger partial charge in [0.1, 0.15) is 0 Å². The fourth-order valence-electron chi connectivity index (χ4n) is 2.42. The van der Waals surface area contributed by atoms with Gasteiger partial charge in [0.05, 0.1) is 11.4 Å². The summed E-state index contributed by atoms with van der Waals surface area (Å²) in [7, 11) is 8.26. The predicted molar refractivity (Wildman–Crippen MR) is 90.7 cm³/mol. The molecule has 0 N–H and O–H groups in total. The van der Waals surface area contributed by atoms with Gasteiger partial charge < -0.3 is 9.80 Å². The molecule has 0 aromatic carbocycles. The summed E-state index contributed by atoms with van der Waals surface area (Å²) in [6, 6.07) is 12.6. The van der Waals surface area contributed by atoms with E-state index in [1.54, 1.807) is 0 Å². The molecule has 0 spiro atoms. The quantitative estimate of drug-likeness (QED) is 0.785. The molecule has 2 rings (SSSR count). The van der Waals surface area contributed by atoms with Crippen molar-refractivity contribution in [2.45, 2.75) is 25.9 Å². The van der Waals surface area contributed by atoms with Crippen LogP contribution in [0.5, 0.6) is 0 Å². The van der Waals surface area contributed by atoms with Crippen molar-refractivity contribution in [3.05, 3.63) is 59.2 Å². The van der Waals surface area contributed by atoms with Crippen LogP contribution in [0.1, 0.15) is 22.8 Å². The molecule has 0 atom stereocenters. The normalized spacial score (nSPS) is 11.4.